The first kappa shape index (κ1) is 16.8. The summed E-state index contributed by atoms with van der Waals surface area (Å²) in [7, 11) is 2.05. The third-order valence-corrected chi connectivity index (χ3v) is 3.47. The Labute approximate surface area is 121 Å². The van der Waals surface area contributed by atoms with E-state index in [0.717, 1.165) is 19.5 Å². The number of urea groups is 1. The molecule has 0 aromatic carbocycles. The van der Waals surface area contributed by atoms with E-state index in [1.165, 1.54) is 4.90 Å². The number of carboxylic acids is 1. The molecule has 20 heavy (non-hydrogen) atoms. The van der Waals surface area contributed by atoms with Crippen molar-refractivity contribution in [2.45, 2.75) is 33.2 Å². The second-order valence-corrected chi connectivity index (χ2v) is 6.11. The summed E-state index contributed by atoms with van der Waals surface area (Å²) in [5.41, 5.74) is 0. The zero-order valence-corrected chi connectivity index (χ0v) is 13.0. The van der Waals surface area contributed by atoms with Gasteiger partial charge in [-0.25, -0.2) is 4.79 Å². The summed E-state index contributed by atoms with van der Waals surface area (Å²) in [6, 6.07) is -0.0395. The van der Waals surface area contributed by atoms with E-state index in [9.17, 15) is 9.59 Å². The van der Waals surface area contributed by atoms with E-state index >= 15 is 0 Å². The van der Waals surface area contributed by atoms with Crippen molar-refractivity contribution in [2.24, 2.45) is 5.92 Å². The number of carbonyl (C=O) groups excluding carboxylic acids is 1. The summed E-state index contributed by atoms with van der Waals surface area (Å²) in [6.07, 6.45) is 0.926. The number of aliphatic carboxylic acids is 1. The average molecular weight is 285 g/mol. The average Bonchev–Trinajstić information content (AvgIpc) is 2.47. The third kappa shape index (κ3) is 5.00. The van der Waals surface area contributed by atoms with Crippen LogP contribution in [0.15, 0.2) is 0 Å². The van der Waals surface area contributed by atoms with Crippen molar-refractivity contribution in [3.63, 3.8) is 0 Å². The fraction of sp³-hybridized carbons (Fsp3) is 0.857. The summed E-state index contributed by atoms with van der Waals surface area (Å²) < 4.78 is 0. The van der Waals surface area contributed by atoms with Crippen LogP contribution in [0.1, 0.15) is 27.2 Å². The lowest BCUT2D eigenvalue weighted by atomic mass is 10.2. The number of hydrogen-bond acceptors (Lipinski definition) is 3. The van der Waals surface area contributed by atoms with Crippen molar-refractivity contribution in [3.8, 4) is 0 Å². The van der Waals surface area contributed by atoms with Crippen LogP contribution in [0.25, 0.3) is 0 Å². The van der Waals surface area contributed by atoms with Gasteiger partial charge in [0.05, 0.1) is 0 Å². The van der Waals surface area contributed by atoms with E-state index in [2.05, 4.69) is 4.90 Å². The van der Waals surface area contributed by atoms with Gasteiger partial charge >= 0.3 is 12.0 Å². The minimum Gasteiger partial charge on any atom is -0.480 e. The van der Waals surface area contributed by atoms with E-state index in [1.807, 2.05) is 32.7 Å². The Morgan fingerprint density at radius 1 is 1.35 bits per heavy atom. The van der Waals surface area contributed by atoms with Crippen LogP contribution in [0, 0.1) is 5.92 Å². The molecular formula is C14H27N3O3. The zero-order valence-electron chi connectivity index (χ0n) is 13.0. The molecule has 2 amide bonds. The van der Waals surface area contributed by atoms with Gasteiger partial charge in [0.25, 0.3) is 0 Å². The summed E-state index contributed by atoms with van der Waals surface area (Å²) in [4.78, 5) is 29.0. The highest BCUT2D eigenvalue weighted by atomic mass is 16.4. The van der Waals surface area contributed by atoms with E-state index in [1.54, 1.807) is 0 Å². The van der Waals surface area contributed by atoms with Gasteiger partial charge in [-0.1, -0.05) is 13.8 Å². The van der Waals surface area contributed by atoms with Crippen LogP contribution >= 0.6 is 0 Å². The summed E-state index contributed by atoms with van der Waals surface area (Å²) >= 11 is 0. The maximum Gasteiger partial charge on any atom is 0.323 e. The van der Waals surface area contributed by atoms with Gasteiger partial charge in [-0.2, -0.15) is 0 Å². The van der Waals surface area contributed by atoms with Crippen LogP contribution in [-0.4, -0.2) is 77.6 Å². The van der Waals surface area contributed by atoms with Crippen molar-refractivity contribution in [1.82, 2.24) is 14.7 Å². The number of hydrogen-bond donors (Lipinski definition) is 1. The Balaban J connectivity index is 2.78. The third-order valence-electron chi connectivity index (χ3n) is 3.47. The number of rotatable bonds is 4. The van der Waals surface area contributed by atoms with Crippen LogP contribution in [0.4, 0.5) is 4.79 Å². The highest BCUT2D eigenvalue weighted by Gasteiger charge is 2.29. The minimum absolute atomic E-state index is 0.110. The highest BCUT2D eigenvalue weighted by molar-refractivity contribution is 5.80. The molecule has 0 bridgehead atoms. The maximum atomic E-state index is 12.6. The fourth-order valence-electron chi connectivity index (χ4n) is 2.65. The van der Waals surface area contributed by atoms with Gasteiger partial charge in [0, 0.05) is 25.7 Å². The van der Waals surface area contributed by atoms with Crippen molar-refractivity contribution < 1.29 is 14.7 Å². The van der Waals surface area contributed by atoms with Gasteiger partial charge in [0.1, 0.15) is 6.54 Å². The number of nitrogens with zero attached hydrogens (tertiary/aromatic N) is 3. The molecule has 0 aromatic rings. The lowest BCUT2D eigenvalue weighted by Crippen LogP contribution is -2.51. The van der Waals surface area contributed by atoms with Gasteiger partial charge in [-0.15, -0.1) is 0 Å². The lowest BCUT2D eigenvalue weighted by Gasteiger charge is -2.34. The van der Waals surface area contributed by atoms with Crippen LogP contribution < -0.4 is 0 Å². The van der Waals surface area contributed by atoms with Crippen LogP contribution in [-0.2, 0) is 4.79 Å². The van der Waals surface area contributed by atoms with E-state index < -0.39 is 5.97 Å². The Bertz CT molecular complexity index is 347. The van der Waals surface area contributed by atoms with Gasteiger partial charge in [0.15, 0.2) is 0 Å². The second kappa shape index (κ2) is 7.47. The van der Waals surface area contributed by atoms with Crippen molar-refractivity contribution in [2.75, 3.05) is 39.8 Å². The van der Waals surface area contributed by atoms with E-state index in [-0.39, 0.29) is 24.5 Å². The molecule has 6 nitrogen and oxygen atoms in total. The number of amides is 2. The topological polar surface area (TPSA) is 64.1 Å². The molecule has 116 valence electrons. The predicted octanol–water partition coefficient (Wildman–Crippen LogP) is 1.18. The van der Waals surface area contributed by atoms with Gasteiger partial charge < -0.3 is 19.8 Å². The molecular weight excluding hydrogens is 258 g/mol. The molecule has 6 heteroatoms. The van der Waals surface area contributed by atoms with Gasteiger partial charge in [-0.3, -0.25) is 4.79 Å². The second-order valence-electron chi connectivity index (χ2n) is 6.11. The molecule has 1 N–H and O–H groups in total. The van der Waals surface area contributed by atoms with Gasteiger partial charge in [-0.05, 0) is 32.9 Å². The van der Waals surface area contributed by atoms with E-state index in [4.69, 9.17) is 5.11 Å². The molecule has 1 rings (SSSR count). The molecule has 0 aromatic heterocycles. The highest BCUT2D eigenvalue weighted by Crippen LogP contribution is 2.13. The first-order valence-corrected chi connectivity index (χ1v) is 7.27. The van der Waals surface area contributed by atoms with Crippen LogP contribution in [0.2, 0.25) is 0 Å². The molecule has 1 aliphatic heterocycles. The lowest BCUT2D eigenvalue weighted by molar-refractivity contribution is -0.137. The minimum atomic E-state index is -0.960. The summed E-state index contributed by atoms with van der Waals surface area (Å²) in [5, 5.41) is 8.99. The van der Waals surface area contributed by atoms with Crippen molar-refractivity contribution in [3.05, 3.63) is 0 Å². The Morgan fingerprint density at radius 2 is 2.00 bits per heavy atom. The molecule has 1 atom stereocenters. The van der Waals surface area contributed by atoms with Crippen molar-refractivity contribution in [1.29, 1.82) is 0 Å². The summed E-state index contributed by atoms with van der Waals surface area (Å²) in [5.74, 6) is -0.707. The standard InChI is InChI=1S/C14H27N3O3/c1-11(2)8-16(10-13(18)19)14(20)17-7-5-6-15(4)9-12(17)3/h11-12H,5-10H2,1-4H3,(H,18,19). The molecule has 1 saturated heterocycles. The SMILES string of the molecule is CC(C)CN(CC(=O)O)C(=O)N1CCCN(C)CC1C. The molecule has 0 saturated carbocycles. The van der Waals surface area contributed by atoms with Crippen LogP contribution in [0.3, 0.4) is 0 Å². The normalized spacial score (nSPS) is 20.9. The molecule has 0 radical (unpaired) electrons. The molecule has 1 unspecified atom stereocenters. The Morgan fingerprint density at radius 3 is 2.55 bits per heavy atom. The fourth-order valence-corrected chi connectivity index (χ4v) is 2.65. The zero-order chi connectivity index (χ0) is 15.3. The quantitative estimate of drug-likeness (QED) is 0.842. The predicted molar refractivity (Wildman–Crippen MR) is 77.7 cm³/mol. The molecule has 1 fully saturated rings. The van der Waals surface area contributed by atoms with Crippen molar-refractivity contribution >= 4 is 12.0 Å². The molecule has 1 heterocycles. The first-order chi connectivity index (χ1) is 9.31. The van der Waals surface area contributed by atoms with E-state index in [0.29, 0.717) is 13.1 Å². The number of likely N-dealkylation sites (N-methyl/N-ethyl adjacent to an activating group) is 1. The first-order valence-electron chi connectivity index (χ1n) is 7.27. The smallest absolute Gasteiger partial charge is 0.323 e. The number of carbonyl (C=O) groups is 2. The monoisotopic (exact) mass is 285 g/mol. The largest absolute Gasteiger partial charge is 0.480 e. The molecule has 0 spiro atoms. The maximum absolute atomic E-state index is 12.6. The van der Waals surface area contributed by atoms with Crippen LogP contribution in [0.5, 0.6) is 0 Å². The molecule has 1 aliphatic rings. The summed E-state index contributed by atoms with van der Waals surface area (Å²) in [6.45, 7) is 8.74. The number of carboxylic acid groups (broad SMARTS) is 1. The Hall–Kier alpha value is -1.30. The molecule has 0 aliphatic carbocycles. The Kier molecular flexibility index (Phi) is 6.26. The van der Waals surface area contributed by atoms with Gasteiger partial charge in [0.2, 0.25) is 0 Å².